The molecular weight excluding hydrogens is 392 g/mol. The quantitative estimate of drug-likeness (QED) is 0.433. The summed E-state index contributed by atoms with van der Waals surface area (Å²) in [6.45, 7) is 6.84. The maximum atomic E-state index is 11.9. The SMILES string of the molecule is CCN=C(NC(=O)OC(C)(C)C)Nc1ccc(Cl)c(CN(C(=O)O)C(=O)O)c1. The van der Waals surface area contributed by atoms with Gasteiger partial charge in [-0.3, -0.25) is 10.3 Å². The van der Waals surface area contributed by atoms with Gasteiger partial charge in [-0.25, -0.2) is 19.3 Å². The molecule has 0 aliphatic carbocycles. The fourth-order valence-electron chi connectivity index (χ4n) is 1.97. The van der Waals surface area contributed by atoms with E-state index in [2.05, 4.69) is 15.6 Å². The van der Waals surface area contributed by atoms with Crippen LogP contribution in [0, 0.1) is 0 Å². The van der Waals surface area contributed by atoms with E-state index in [1.54, 1.807) is 33.8 Å². The third-order valence-electron chi connectivity index (χ3n) is 3.03. The van der Waals surface area contributed by atoms with Gasteiger partial charge in [0.25, 0.3) is 0 Å². The molecule has 0 spiro atoms. The molecule has 0 unspecified atom stereocenters. The molecule has 0 atom stereocenters. The van der Waals surface area contributed by atoms with Gasteiger partial charge in [0.2, 0.25) is 5.96 Å². The molecule has 1 rings (SSSR count). The molecule has 1 aromatic rings. The molecule has 11 heteroatoms. The summed E-state index contributed by atoms with van der Waals surface area (Å²) in [6, 6.07) is 4.50. The Balaban J connectivity index is 3.00. The Morgan fingerprint density at radius 2 is 1.82 bits per heavy atom. The van der Waals surface area contributed by atoms with Gasteiger partial charge in [-0.2, -0.15) is 0 Å². The second-order valence-electron chi connectivity index (χ2n) is 6.53. The molecule has 0 aliphatic heterocycles. The lowest BCUT2D eigenvalue weighted by Crippen LogP contribution is -2.40. The number of halogens is 1. The fraction of sp³-hybridized carbons (Fsp3) is 0.412. The Hall–Kier alpha value is -3.01. The number of hydrogen-bond donors (Lipinski definition) is 4. The lowest BCUT2D eigenvalue weighted by Gasteiger charge is -2.20. The number of nitrogens with one attached hydrogen (secondary N) is 2. The van der Waals surface area contributed by atoms with Crippen molar-refractivity contribution in [2.24, 2.45) is 4.99 Å². The Bertz CT molecular complexity index is 761. The van der Waals surface area contributed by atoms with Crippen molar-refractivity contribution in [3.63, 3.8) is 0 Å². The number of carboxylic acid groups (broad SMARTS) is 2. The third kappa shape index (κ3) is 7.70. The van der Waals surface area contributed by atoms with Crippen LogP contribution in [0.15, 0.2) is 23.2 Å². The van der Waals surface area contributed by atoms with E-state index < -0.39 is 30.4 Å². The van der Waals surface area contributed by atoms with Crippen molar-refractivity contribution in [1.82, 2.24) is 10.2 Å². The zero-order chi connectivity index (χ0) is 21.5. The van der Waals surface area contributed by atoms with Crippen molar-refractivity contribution in [2.75, 3.05) is 11.9 Å². The van der Waals surface area contributed by atoms with Crippen LogP contribution < -0.4 is 10.6 Å². The fourth-order valence-corrected chi connectivity index (χ4v) is 2.14. The van der Waals surface area contributed by atoms with Gasteiger partial charge in [-0.05, 0) is 51.5 Å². The zero-order valence-corrected chi connectivity index (χ0v) is 16.7. The minimum Gasteiger partial charge on any atom is -0.465 e. The van der Waals surface area contributed by atoms with Gasteiger partial charge in [-0.1, -0.05) is 11.6 Å². The van der Waals surface area contributed by atoms with Crippen LogP contribution >= 0.6 is 11.6 Å². The molecule has 0 radical (unpaired) electrons. The van der Waals surface area contributed by atoms with Crippen LogP contribution in [-0.2, 0) is 11.3 Å². The molecule has 0 fully saturated rings. The number of hydrogen-bond acceptors (Lipinski definition) is 5. The van der Waals surface area contributed by atoms with Crippen LogP contribution in [0.25, 0.3) is 0 Å². The number of carbonyl (C=O) groups excluding carboxylic acids is 1. The molecule has 4 N–H and O–H groups in total. The van der Waals surface area contributed by atoms with E-state index in [9.17, 15) is 14.4 Å². The average molecular weight is 415 g/mol. The van der Waals surface area contributed by atoms with Crippen LogP contribution in [0.1, 0.15) is 33.3 Å². The number of carbonyl (C=O) groups is 3. The Morgan fingerprint density at radius 3 is 2.32 bits per heavy atom. The molecule has 0 aliphatic rings. The smallest absolute Gasteiger partial charge is 0.417 e. The number of imide groups is 1. The van der Waals surface area contributed by atoms with E-state index in [4.69, 9.17) is 26.6 Å². The highest BCUT2D eigenvalue weighted by molar-refractivity contribution is 6.31. The minimum absolute atomic E-state index is 0.110. The van der Waals surface area contributed by atoms with E-state index in [-0.39, 0.29) is 21.4 Å². The van der Waals surface area contributed by atoms with Crippen LogP contribution in [0.3, 0.4) is 0 Å². The first kappa shape index (κ1) is 23.0. The molecular formula is C17H23ClN4O6. The van der Waals surface area contributed by atoms with E-state index in [1.807, 2.05) is 0 Å². The first-order chi connectivity index (χ1) is 12.9. The van der Waals surface area contributed by atoms with Crippen LogP contribution in [0.2, 0.25) is 5.02 Å². The Morgan fingerprint density at radius 1 is 1.21 bits per heavy atom. The molecule has 154 valence electrons. The van der Waals surface area contributed by atoms with Crippen LogP contribution in [0.4, 0.5) is 20.1 Å². The van der Waals surface area contributed by atoms with Crippen molar-refractivity contribution in [3.05, 3.63) is 28.8 Å². The Kier molecular flexibility index (Phi) is 8.05. The van der Waals surface area contributed by atoms with Crippen molar-refractivity contribution in [1.29, 1.82) is 0 Å². The first-order valence-electron chi connectivity index (χ1n) is 8.26. The zero-order valence-electron chi connectivity index (χ0n) is 15.9. The summed E-state index contributed by atoms with van der Waals surface area (Å²) in [5, 5.41) is 23.5. The molecule has 0 saturated heterocycles. The molecule has 10 nitrogen and oxygen atoms in total. The number of guanidine groups is 1. The minimum atomic E-state index is -1.62. The van der Waals surface area contributed by atoms with Gasteiger partial charge in [0.1, 0.15) is 5.60 Å². The van der Waals surface area contributed by atoms with Gasteiger partial charge >= 0.3 is 18.3 Å². The van der Waals surface area contributed by atoms with Gasteiger partial charge in [0.05, 0.1) is 6.54 Å². The summed E-state index contributed by atoms with van der Waals surface area (Å²) in [6.07, 6.45) is -3.95. The first-order valence-corrected chi connectivity index (χ1v) is 8.64. The predicted octanol–water partition coefficient (Wildman–Crippen LogP) is 3.81. The van der Waals surface area contributed by atoms with Crippen LogP contribution in [-0.4, -0.2) is 51.5 Å². The van der Waals surface area contributed by atoms with Gasteiger partial charge < -0.3 is 20.3 Å². The average Bonchev–Trinajstić information content (AvgIpc) is 2.52. The highest BCUT2D eigenvalue weighted by Gasteiger charge is 2.22. The topological polar surface area (TPSA) is 141 Å². The Labute approximate surface area is 167 Å². The second kappa shape index (κ2) is 9.79. The maximum absolute atomic E-state index is 11.9. The maximum Gasteiger partial charge on any atom is 0.417 e. The van der Waals surface area contributed by atoms with Crippen molar-refractivity contribution in [2.45, 2.75) is 39.8 Å². The standard InChI is InChI=1S/C17H23ClN4O6/c1-5-19-13(21-14(23)28-17(2,3)4)20-11-6-7-12(18)10(8-11)9-22(15(24)25)16(26)27/h6-8H,5,9H2,1-4H3,(H,24,25)(H,26,27)(H2,19,20,21,23). The van der Waals surface area contributed by atoms with E-state index in [0.717, 1.165) is 0 Å². The van der Waals surface area contributed by atoms with Gasteiger partial charge in [-0.15, -0.1) is 0 Å². The second-order valence-corrected chi connectivity index (χ2v) is 6.94. The number of rotatable bonds is 4. The normalized spacial score (nSPS) is 11.5. The lowest BCUT2D eigenvalue weighted by molar-refractivity contribution is 0.0562. The molecule has 3 amide bonds. The largest absolute Gasteiger partial charge is 0.465 e. The lowest BCUT2D eigenvalue weighted by atomic mass is 10.2. The van der Waals surface area contributed by atoms with E-state index >= 15 is 0 Å². The molecule has 28 heavy (non-hydrogen) atoms. The molecule has 0 bridgehead atoms. The molecule has 0 heterocycles. The highest BCUT2D eigenvalue weighted by atomic mass is 35.5. The van der Waals surface area contributed by atoms with Gasteiger partial charge in [0, 0.05) is 17.3 Å². The summed E-state index contributed by atoms with van der Waals surface area (Å²) < 4.78 is 5.17. The van der Waals surface area contributed by atoms with Gasteiger partial charge in [0.15, 0.2) is 0 Å². The number of benzene rings is 1. The monoisotopic (exact) mass is 414 g/mol. The van der Waals surface area contributed by atoms with E-state index in [0.29, 0.717) is 12.2 Å². The predicted molar refractivity (Wildman–Crippen MR) is 104 cm³/mol. The number of amides is 3. The van der Waals surface area contributed by atoms with Crippen molar-refractivity contribution >= 4 is 41.5 Å². The van der Waals surface area contributed by atoms with Crippen molar-refractivity contribution < 1.29 is 29.3 Å². The summed E-state index contributed by atoms with van der Waals surface area (Å²) in [4.78, 5) is 38.3. The molecule has 1 aromatic carbocycles. The summed E-state index contributed by atoms with van der Waals surface area (Å²) >= 11 is 6.04. The molecule has 0 aromatic heterocycles. The number of alkyl carbamates (subject to hydrolysis) is 1. The number of aliphatic imine (C=N–C) groups is 1. The third-order valence-corrected chi connectivity index (χ3v) is 3.40. The molecule has 0 saturated carbocycles. The summed E-state index contributed by atoms with van der Waals surface area (Å²) in [7, 11) is 0. The van der Waals surface area contributed by atoms with E-state index in [1.165, 1.54) is 12.1 Å². The number of anilines is 1. The van der Waals surface area contributed by atoms with Crippen molar-refractivity contribution in [3.8, 4) is 0 Å². The summed E-state index contributed by atoms with van der Waals surface area (Å²) in [5.74, 6) is 0.110. The highest BCUT2D eigenvalue weighted by Crippen LogP contribution is 2.22. The summed E-state index contributed by atoms with van der Waals surface area (Å²) in [5.41, 5.74) is -0.0191. The number of ether oxygens (including phenoxy) is 1. The van der Waals surface area contributed by atoms with Crippen LogP contribution in [0.5, 0.6) is 0 Å². The number of nitrogens with zero attached hydrogens (tertiary/aromatic N) is 2.